The van der Waals surface area contributed by atoms with Gasteiger partial charge in [0.15, 0.2) is 0 Å². The monoisotopic (exact) mass is 308 g/mol. The van der Waals surface area contributed by atoms with E-state index in [4.69, 9.17) is 11.6 Å². The van der Waals surface area contributed by atoms with Crippen molar-refractivity contribution in [1.82, 2.24) is 8.61 Å². The highest BCUT2D eigenvalue weighted by molar-refractivity contribution is 7.86. The Kier molecular flexibility index (Phi) is 5.15. The second-order valence-electron chi connectivity index (χ2n) is 6.12. The van der Waals surface area contributed by atoms with Crippen LogP contribution in [-0.2, 0) is 10.2 Å². The number of alkyl halides is 1. The first-order chi connectivity index (χ1) is 8.95. The molecule has 3 atom stereocenters. The van der Waals surface area contributed by atoms with Crippen molar-refractivity contribution in [2.24, 2.45) is 11.8 Å². The molecule has 0 amide bonds. The van der Waals surface area contributed by atoms with Gasteiger partial charge in [0.25, 0.3) is 10.2 Å². The average molecular weight is 309 g/mol. The van der Waals surface area contributed by atoms with Gasteiger partial charge >= 0.3 is 0 Å². The second-order valence-corrected chi connectivity index (χ2v) is 8.31. The molecule has 4 nitrogen and oxygen atoms in total. The van der Waals surface area contributed by atoms with E-state index in [1.54, 1.807) is 8.61 Å². The van der Waals surface area contributed by atoms with E-state index in [-0.39, 0.29) is 6.04 Å². The Morgan fingerprint density at radius 2 is 1.95 bits per heavy atom. The summed E-state index contributed by atoms with van der Waals surface area (Å²) >= 11 is 5.89. The summed E-state index contributed by atoms with van der Waals surface area (Å²) in [5.74, 6) is 1.49. The number of hydrogen-bond acceptors (Lipinski definition) is 2. The number of piperidine rings is 2. The van der Waals surface area contributed by atoms with Crippen LogP contribution in [0.2, 0.25) is 0 Å². The summed E-state index contributed by atoms with van der Waals surface area (Å²) in [6, 6.07) is 0.116. The van der Waals surface area contributed by atoms with Crippen LogP contribution in [-0.4, -0.2) is 48.6 Å². The van der Waals surface area contributed by atoms with Crippen molar-refractivity contribution in [3.05, 3.63) is 0 Å². The lowest BCUT2D eigenvalue weighted by atomic mass is 9.95. The molecule has 112 valence electrons. The molecular formula is C13H25ClN2O2S. The molecule has 0 aromatic carbocycles. The van der Waals surface area contributed by atoms with Gasteiger partial charge in [-0.2, -0.15) is 17.0 Å². The van der Waals surface area contributed by atoms with Gasteiger partial charge in [0.2, 0.25) is 0 Å². The molecule has 0 aromatic heterocycles. The molecule has 6 heteroatoms. The third-order valence-electron chi connectivity index (χ3n) is 4.40. The Labute approximate surface area is 122 Å². The zero-order valence-corrected chi connectivity index (χ0v) is 13.5. The lowest BCUT2D eigenvalue weighted by Gasteiger charge is -2.40. The molecule has 19 heavy (non-hydrogen) atoms. The molecule has 2 fully saturated rings. The number of hydrogen-bond donors (Lipinski definition) is 0. The Hall–Kier alpha value is 0.160. The van der Waals surface area contributed by atoms with Gasteiger partial charge in [0, 0.05) is 31.6 Å². The topological polar surface area (TPSA) is 40.6 Å². The summed E-state index contributed by atoms with van der Waals surface area (Å²) in [7, 11) is -3.29. The SMILES string of the molecule is CC1CCN(S(=O)(=O)N2CCCC(CCl)C2)C(C)C1. The highest BCUT2D eigenvalue weighted by atomic mass is 35.5. The second kappa shape index (κ2) is 6.29. The summed E-state index contributed by atoms with van der Waals surface area (Å²) in [6.07, 6.45) is 3.90. The van der Waals surface area contributed by atoms with Crippen LogP contribution >= 0.6 is 11.6 Å². The van der Waals surface area contributed by atoms with Gasteiger partial charge in [-0.3, -0.25) is 0 Å². The number of nitrogens with zero attached hydrogens (tertiary/aromatic N) is 2. The van der Waals surface area contributed by atoms with Crippen molar-refractivity contribution < 1.29 is 8.42 Å². The number of halogens is 1. The maximum Gasteiger partial charge on any atom is 0.282 e. The molecule has 0 bridgehead atoms. The maximum atomic E-state index is 12.7. The third kappa shape index (κ3) is 3.43. The van der Waals surface area contributed by atoms with E-state index in [0.717, 1.165) is 25.7 Å². The van der Waals surface area contributed by atoms with Crippen LogP contribution in [0.1, 0.15) is 39.5 Å². The molecule has 0 radical (unpaired) electrons. The first-order valence-electron chi connectivity index (χ1n) is 7.28. The first-order valence-corrected chi connectivity index (χ1v) is 9.21. The first kappa shape index (κ1) is 15.5. The van der Waals surface area contributed by atoms with Crippen LogP contribution in [0.25, 0.3) is 0 Å². The van der Waals surface area contributed by atoms with E-state index >= 15 is 0 Å². The minimum absolute atomic E-state index is 0.116. The van der Waals surface area contributed by atoms with Crippen molar-refractivity contribution in [2.75, 3.05) is 25.5 Å². The zero-order valence-electron chi connectivity index (χ0n) is 11.9. The summed E-state index contributed by atoms with van der Waals surface area (Å²) in [4.78, 5) is 0. The fourth-order valence-corrected chi connectivity index (χ4v) is 5.42. The van der Waals surface area contributed by atoms with E-state index < -0.39 is 10.2 Å². The maximum absolute atomic E-state index is 12.7. The Balaban J connectivity index is 2.08. The van der Waals surface area contributed by atoms with Gasteiger partial charge in [0.05, 0.1) is 0 Å². The minimum Gasteiger partial charge on any atom is -0.195 e. The van der Waals surface area contributed by atoms with Gasteiger partial charge in [-0.25, -0.2) is 0 Å². The lowest BCUT2D eigenvalue weighted by Crippen LogP contribution is -2.53. The molecule has 2 aliphatic heterocycles. The lowest BCUT2D eigenvalue weighted by molar-refractivity contribution is 0.192. The molecule has 0 aliphatic carbocycles. The summed E-state index contributed by atoms with van der Waals surface area (Å²) in [6.45, 7) is 6.12. The minimum atomic E-state index is -3.29. The van der Waals surface area contributed by atoms with Crippen LogP contribution < -0.4 is 0 Å². The summed E-state index contributed by atoms with van der Waals surface area (Å²) in [5.41, 5.74) is 0. The Morgan fingerprint density at radius 3 is 2.58 bits per heavy atom. The van der Waals surface area contributed by atoms with Gasteiger partial charge in [0.1, 0.15) is 0 Å². The molecule has 2 saturated heterocycles. The molecule has 2 aliphatic rings. The smallest absolute Gasteiger partial charge is 0.195 e. The standard InChI is InChI=1S/C13H25ClN2O2S/c1-11-5-7-16(12(2)8-11)19(17,18)15-6-3-4-13(9-14)10-15/h11-13H,3-10H2,1-2H3. The molecule has 2 rings (SSSR count). The van der Waals surface area contributed by atoms with Gasteiger partial charge in [-0.15, -0.1) is 11.6 Å². The quantitative estimate of drug-likeness (QED) is 0.751. The van der Waals surface area contributed by atoms with Crippen molar-refractivity contribution in [3.8, 4) is 0 Å². The Bertz CT molecular complexity index is 401. The zero-order chi connectivity index (χ0) is 14.0. The van der Waals surface area contributed by atoms with Crippen LogP contribution in [0.5, 0.6) is 0 Å². The molecule has 0 spiro atoms. The summed E-state index contributed by atoms with van der Waals surface area (Å²) < 4.78 is 28.8. The molecule has 3 unspecified atom stereocenters. The van der Waals surface area contributed by atoms with Crippen molar-refractivity contribution in [3.63, 3.8) is 0 Å². The van der Waals surface area contributed by atoms with E-state index in [1.165, 1.54) is 0 Å². The van der Waals surface area contributed by atoms with E-state index in [2.05, 4.69) is 6.92 Å². The highest BCUT2D eigenvalue weighted by Gasteiger charge is 2.37. The highest BCUT2D eigenvalue weighted by Crippen LogP contribution is 2.28. The molecule has 0 aromatic rings. The van der Waals surface area contributed by atoms with Crippen molar-refractivity contribution >= 4 is 21.8 Å². The normalized spacial score (nSPS) is 35.4. The predicted molar refractivity (Wildman–Crippen MR) is 78.5 cm³/mol. The van der Waals surface area contributed by atoms with Crippen LogP contribution in [0.4, 0.5) is 0 Å². The molecule has 0 saturated carbocycles. The fraction of sp³-hybridized carbons (Fsp3) is 1.00. The summed E-state index contributed by atoms with van der Waals surface area (Å²) in [5, 5.41) is 0. The average Bonchev–Trinajstić information content (AvgIpc) is 2.38. The molecule has 2 heterocycles. The largest absolute Gasteiger partial charge is 0.282 e. The van der Waals surface area contributed by atoms with E-state index in [1.807, 2.05) is 6.92 Å². The van der Waals surface area contributed by atoms with Crippen molar-refractivity contribution in [1.29, 1.82) is 0 Å². The van der Waals surface area contributed by atoms with Gasteiger partial charge < -0.3 is 0 Å². The van der Waals surface area contributed by atoms with Crippen LogP contribution in [0.15, 0.2) is 0 Å². The van der Waals surface area contributed by atoms with E-state index in [0.29, 0.717) is 37.4 Å². The van der Waals surface area contributed by atoms with Gasteiger partial charge in [-0.05, 0) is 44.4 Å². The fourth-order valence-electron chi connectivity index (χ4n) is 3.24. The predicted octanol–water partition coefficient (Wildman–Crippen LogP) is 2.30. The van der Waals surface area contributed by atoms with Crippen LogP contribution in [0.3, 0.4) is 0 Å². The molecular weight excluding hydrogens is 284 g/mol. The third-order valence-corrected chi connectivity index (χ3v) is 6.96. The van der Waals surface area contributed by atoms with Crippen molar-refractivity contribution in [2.45, 2.75) is 45.6 Å². The van der Waals surface area contributed by atoms with Gasteiger partial charge in [-0.1, -0.05) is 6.92 Å². The van der Waals surface area contributed by atoms with Crippen LogP contribution in [0, 0.1) is 11.8 Å². The number of rotatable bonds is 3. The van der Waals surface area contributed by atoms with E-state index in [9.17, 15) is 8.42 Å². The molecule has 0 N–H and O–H groups in total. The Morgan fingerprint density at radius 1 is 1.21 bits per heavy atom.